The number of benzene rings is 1. The molecule has 6 heteroatoms. The zero-order valence-corrected chi connectivity index (χ0v) is 18.2. The van der Waals surface area contributed by atoms with Crippen LogP contribution in [0.2, 0.25) is 0 Å². The van der Waals surface area contributed by atoms with Gasteiger partial charge in [0.05, 0.1) is 6.61 Å². The van der Waals surface area contributed by atoms with Crippen LogP contribution in [0.15, 0.2) is 24.3 Å². The number of carbonyl (C=O) groups excluding carboxylic acids is 1. The Labute approximate surface area is 174 Å². The third kappa shape index (κ3) is 7.61. The van der Waals surface area contributed by atoms with Crippen LogP contribution < -0.4 is 4.74 Å². The number of hydrogen-bond donors (Lipinski definition) is 0. The molecule has 0 unspecified atom stereocenters. The first-order valence-corrected chi connectivity index (χ1v) is 10.9. The Morgan fingerprint density at radius 3 is 2.31 bits per heavy atom. The normalized spacial score (nSPS) is 11.0. The number of aryl methyl sites for hydroxylation is 1. The van der Waals surface area contributed by atoms with Gasteiger partial charge in [-0.3, -0.25) is 4.79 Å². The number of rotatable bonds is 14. The van der Waals surface area contributed by atoms with E-state index in [1.807, 2.05) is 12.1 Å². The quantitative estimate of drug-likeness (QED) is 0.401. The molecule has 0 aliphatic rings. The van der Waals surface area contributed by atoms with E-state index < -0.39 is 0 Å². The monoisotopic (exact) mass is 401 g/mol. The SMILES string of the molecule is CCCCCCCCCC(=O)n1nc(OCCOC)nc1-c1ccc(CC)cc1. The highest BCUT2D eigenvalue weighted by molar-refractivity contribution is 5.82. The summed E-state index contributed by atoms with van der Waals surface area (Å²) in [5.74, 6) is 0.496. The summed E-state index contributed by atoms with van der Waals surface area (Å²) in [5, 5.41) is 4.32. The van der Waals surface area contributed by atoms with E-state index in [9.17, 15) is 4.79 Å². The van der Waals surface area contributed by atoms with Gasteiger partial charge in [0.1, 0.15) is 6.61 Å². The number of methoxy groups -OCH3 is 1. The molecule has 0 aliphatic carbocycles. The number of carbonyl (C=O) groups is 1. The first-order chi connectivity index (χ1) is 14.2. The van der Waals surface area contributed by atoms with Crippen molar-refractivity contribution in [1.82, 2.24) is 14.8 Å². The second kappa shape index (κ2) is 13.1. The van der Waals surface area contributed by atoms with Crippen molar-refractivity contribution in [2.24, 2.45) is 0 Å². The predicted octanol–water partition coefficient (Wildman–Crippen LogP) is 5.31. The van der Waals surface area contributed by atoms with Crippen LogP contribution in [0, 0.1) is 0 Å². The van der Waals surface area contributed by atoms with Gasteiger partial charge in [-0.1, -0.05) is 76.6 Å². The van der Waals surface area contributed by atoms with Gasteiger partial charge in [0.15, 0.2) is 5.82 Å². The van der Waals surface area contributed by atoms with Crippen molar-refractivity contribution in [1.29, 1.82) is 0 Å². The van der Waals surface area contributed by atoms with E-state index in [2.05, 4.69) is 36.1 Å². The fourth-order valence-corrected chi connectivity index (χ4v) is 3.16. The summed E-state index contributed by atoms with van der Waals surface area (Å²) in [6, 6.07) is 8.30. The summed E-state index contributed by atoms with van der Waals surface area (Å²) in [6.07, 6.45) is 9.64. The lowest BCUT2D eigenvalue weighted by molar-refractivity contribution is 0.0881. The van der Waals surface area contributed by atoms with E-state index in [1.165, 1.54) is 42.3 Å². The van der Waals surface area contributed by atoms with Gasteiger partial charge in [0.25, 0.3) is 0 Å². The molecule has 29 heavy (non-hydrogen) atoms. The van der Waals surface area contributed by atoms with Crippen molar-refractivity contribution in [3.63, 3.8) is 0 Å². The molecule has 160 valence electrons. The lowest BCUT2D eigenvalue weighted by Crippen LogP contribution is -2.14. The lowest BCUT2D eigenvalue weighted by atomic mass is 10.1. The van der Waals surface area contributed by atoms with Gasteiger partial charge >= 0.3 is 6.01 Å². The summed E-state index contributed by atoms with van der Waals surface area (Å²) in [4.78, 5) is 17.3. The third-order valence-electron chi connectivity index (χ3n) is 4.96. The first kappa shape index (κ1) is 23.1. The molecule has 0 fully saturated rings. The summed E-state index contributed by atoms with van der Waals surface area (Å²) in [5.41, 5.74) is 2.11. The molecule has 0 aliphatic heterocycles. The van der Waals surface area contributed by atoms with Crippen LogP contribution in [-0.2, 0) is 11.2 Å². The average molecular weight is 402 g/mol. The van der Waals surface area contributed by atoms with E-state index in [-0.39, 0.29) is 11.9 Å². The minimum Gasteiger partial charge on any atom is -0.460 e. The second-order valence-electron chi connectivity index (χ2n) is 7.29. The summed E-state index contributed by atoms with van der Waals surface area (Å²) < 4.78 is 12.0. The van der Waals surface area contributed by atoms with Crippen LogP contribution in [-0.4, -0.2) is 41.0 Å². The highest BCUT2D eigenvalue weighted by Gasteiger charge is 2.18. The zero-order chi connectivity index (χ0) is 20.9. The van der Waals surface area contributed by atoms with Crippen molar-refractivity contribution in [3.05, 3.63) is 29.8 Å². The van der Waals surface area contributed by atoms with E-state index in [4.69, 9.17) is 9.47 Å². The third-order valence-corrected chi connectivity index (χ3v) is 4.96. The maximum Gasteiger partial charge on any atom is 0.336 e. The van der Waals surface area contributed by atoms with Crippen molar-refractivity contribution in [2.45, 2.75) is 71.6 Å². The molecule has 2 aromatic rings. The maximum atomic E-state index is 12.8. The fraction of sp³-hybridized carbons (Fsp3) is 0.609. The van der Waals surface area contributed by atoms with E-state index in [1.54, 1.807) is 7.11 Å². The molecule has 0 saturated carbocycles. The average Bonchev–Trinajstić information content (AvgIpc) is 3.17. The Bertz CT molecular complexity index is 725. The van der Waals surface area contributed by atoms with Crippen molar-refractivity contribution >= 4 is 5.91 Å². The highest BCUT2D eigenvalue weighted by Crippen LogP contribution is 2.22. The Kier molecular flexibility index (Phi) is 10.4. The molecule has 0 amide bonds. The molecule has 0 atom stereocenters. The summed E-state index contributed by atoms with van der Waals surface area (Å²) >= 11 is 0. The molecule has 6 nitrogen and oxygen atoms in total. The molecule has 1 aromatic heterocycles. The molecule has 0 bridgehead atoms. The minimum absolute atomic E-state index is 0.0396. The molecule has 2 rings (SSSR count). The van der Waals surface area contributed by atoms with Crippen LogP contribution in [0.25, 0.3) is 11.4 Å². The number of hydrogen-bond acceptors (Lipinski definition) is 5. The van der Waals surface area contributed by atoms with Crippen LogP contribution in [0.4, 0.5) is 0 Å². The second-order valence-corrected chi connectivity index (χ2v) is 7.29. The Morgan fingerprint density at radius 2 is 1.66 bits per heavy atom. The molecular weight excluding hydrogens is 366 g/mol. The molecule has 0 radical (unpaired) electrons. The smallest absolute Gasteiger partial charge is 0.336 e. The van der Waals surface area contributed by atoms with Gasteiger partial charge in [-0.15, -0.1) is 5.10 Å². The van der Waals surface area contributed by atoms with E-state index in [0.29, 0.717) is 25.5 Å². The molecule has 0 N–H and O–H groups in total. The molecule has 1 heterocycles. The van der Waals surface area contributed by atoms with Crippen LogP contribution in [0.3, 0.4) is 0 Å². The van der Waals surface area contributed by atoms with E-state index in [0.717, 1.165) is 24.8 Å². The van der Waals surface area contributed by atoms with Gasteiger partial charge in [0, 0.05) is 19.1 Å². The van der Waals surface area contributed by atoms with Gasteiger partial charge in [0.2, 0.25) is 5.91 Å². The van der Waals surface area contributed by atoms with Crippen LogP contribution in [0.1, 0.15) is 75.6 Å². The van der Waals surface area contributed by atoms with Crippen LogP contribution >= 0.6 is 0 Å². The molecule has 0 saturated heterocycles. The Balaban J connectivity index is 2.03. The minimum atomic E-state index is -0.0396. The molecule has 0 spiro atoms. The van der Waals surface area contributed by atoms with Crippen molar-refractivity contribution < 1.29 is 14.3 Å². The van der Waals surface area contributed by atoms with Crippen molar-refractivity contribution in [2.75, 3.05) is 20.3 Å². The summed E-state index contributed by atoms with van der Waals surface area (Å²) in [6.45, 7) is 5.13. The lowest BCUT2D eigenvalue weighted by Gasteiger charge is -2.06. The number of nitrogens with zero attached hydrogens (tertiary/aromatic N) is 3. The fourth-order valence-electron chi connectivity index (χ4n) is 3.16. The highest BCUT2D eigenvalue weighted by atomic mass is 16.5. The van der Waals surface area contributed by atoms with Crippen molar-refractivity contribution in [3.8, 4) is 17.4 Å². The summed E-state index contributed by atoms with van der Waals surface area (Å²) in [7, 11) is 1.61. The molecule has 1 aromatic carbocycles. The zero-order valence-electron chi connectivity index (χ0n) is 18.2. The number of unbranched alkanes of at least 4 members (excludes halogenated alkanes) is 6. The Morgan fingerprint density at radius 1 is 0.966 bits per heavy atom. The number of aromatic nitrogens is 3. The topological polar surface area (TPSA) is 66.2 Å². The number of ether oxygens (including phenoxy) is 2. The standard InChI is InChI=1S/C23H35N3O3/c1-4-6-7-8-9-10-11-12-21(27)26-22(20-15-13-19(5-2)14-16-20)24-23(25-26)29-18-17-28-3/h13-16H,4-12,17-18H2,1-3H3. The van der Waals surface area contributed by atoms with Crippen LogP contribution in [0.5, 0.6) is 6.01 Å². The molecular formula is C23H35N3O3. The largest absolute Gasteiger partial charge is 0.460 e. The van der Waals surface area contributed by atoms with Gasteiger partial charge in [-0.25, -0.2) is 0 Å². The Hall–Kier alpha value is -2.21. The van der Waals surface area contributed by atoms with Gasteiger partial charge in [-0.05, 0) is 18.4 Å². The maximum absolute atomic E-state index is 12.8. The predicted molar refractivity (Wildman–Crippen MR) is 115 cm³/mol. The van der Waals surface area contributed by atoms with E-state index >= 15 is 0 Å². The van der Waals surface area contributed by atoms with Gasteiger partial charge in [-0.2, -0.15) is 9.67 Å². The first-order valence-electron chi connectivity index (χ1n) is 10.9. The van der Waals surface area contributed by atoms with Gasteiger partial charge < -0.3 is 9.47 Å².